The second-order valence-corrected chi connectivity index (χ2v) is 4.57. The molecule has 0 saturated heterocycles. The molecule has 0 spiro atoms. The minimum Gasteiger partial charge on any atom is -0.207 e. The van der Waals surface area contributed by atoms with Crippen LogP contribution in [0.5, 0.6) is 0 Å². The maximum Gasteiger partial charge on any atom is 0.250 e. The van der Waals surface area contributed by atoms with Crippen molar-refractivity contribution in [3.63, 3.8) is 0 Å². The fraction of sp³-hybridized carbons (Fsp3) is 0.900. The molecule has 1 aliphatic rings. The normalized spacial score (nSPS) is 28.0. The maximum atomic E-state index is 13.4. The first-order valence-electron chi connectivity index (χ1n) is 4.93. The van der Waals surface area contributed by atoms with Crippen LogP contribution in [0.3, 0.4) is 0 Å². The molecule has 0 radical (unpaired) electrons. The van der Waals surface area contributed by atoms with Gasteiger partial charge in [-0.05, 0) is 19.3 Å². The van der Waals surface area contributed by atoms with Crippen LogP contribution in [0.1, 0.15) is 32.1 Å². The van der Waals surface area contributed by atoms with E-state index in [1.165, 1.54) is 0 Å². The van der Waals surface area contributed by atoms with E-state index in [-0.39, 0.29) is 12.3 Å². The summed E-state index contributed by atoms with van der Waals surface area (Å²) in [5.41, 5.74) is 0. The highest BCUT2D eigenvalue weighted by Crippen LogP contribution is 2.41. The molecule has 0 N–H and O–H groups in total. The lowest BCUT2D eigenvalue weighted by atomic mass is 9.80. The van der Waals surface area contributed by atoms with Crippen molar-refractivity contribution in [2.75, 3.05) is 5.33 Å². The lowest BCUT2D eigenvalue weighted by Gasteiger charge is -2.32. The molecule has 2 atom stereocenters. The van der Waals surface area contributed by atoms with Gasteiger partial charge in [-0.2, -0.15) is 5.26 Å². The molecule has 1 saturated carbocycles. The van der Waals surface area contributed by atoms with Crippen LogP contribution in [-0.4, -0.2) is 11.3 Å². The summed E-state index contributed by atoms with van der Waals surface area (Å²) < 4.78 is 26.8. The molecular weight excluding hydrogens is 252 g/mol. The molecule has 0 aromatic carbocycles. The standard InChI is InChI=1S/C10H14BrF2N/c11-6-8(7-14)5-9-3-1-2-4-10(9,12)13/h8-9H,1-6H2. The van der Waals surface area contributed by atoms with Crippen LogP contribution in [0.2, 0.25) is 0 Å². The molecule has 0 aromatic heterocycles. The van der Waals surface area contributed by atoms with Crippen molar-refractivity contribution >= 4 is 15.9 Å². The molecule has 14 heavy (non-hydrogen) atoms. The van der Waals surface area contributed by atoms with Gasteiger partial charge in [0.15, 0.2) is 0 Å². The van der Waals surface area contributed by atoms with Crippen molar-refractivity contribution in [3.8, 4) is 6.07 Å². The SMILES string of the molecule is N#CC(CBr)CC1CCCCC1(F)F. The quantitative estimate of drug-likeness (QED) is 0.714. The Morgan fingerprint density at radius 1 is 1.50 bits per heavy atom. The molecule has 0 amide bonds. The van der Waals surface area contributed by atoms with Gasteiger partial charge < -0.3 is 0 Å². The number of rotatable bonds is 3. The Labute approximate surface area is 91.6 Å². The number of alkyl halides is 3. The van der Waals surface area contributed by atoms with E-state index in [0.717, 1.165) is 6.42 Å². The molecule has 0 bridgehead atoms. The first-order valence-corrected chi connectivity index (χ1v) is 6.05. The molecule has 0 aromatic rings. The topological polar surface area (TPSA) is 23.8 Å². The second kappa shape index (κ2) is 5.06. The third kappa shape index (κ3) is 2.91. The average Bonchev–Trinajstić information content (AvgIpc) is 2.16. The van der Waals surface area contributed by atoms with Gasteiger partial charge >= 0.3 is 0 Å². The van der Waals surface area contributed by atoms with E-state index < -0.39 is 11.8 Å². The van der Waals surface area contributed by atoms with Crippen LogP contribution >= 0.6 is 15.9 Å². The first-order chi connectivity index (χ1) is 6.60. The molecule has 1 aliphatic carbocycles. The van der Waals surface area contributed by atoms with E-state index in [9.17, 15) is 8.78 Å². The largest absolute Gasteiger partial charge is 0.250 e. The van der Waals surface area contributed by atoms with Gasteiger partial charge in [-0.15, -0.1) is 0 Å². The zero-order valence-electron chi connectivity index (χ0n) is 7.98. The Hall–Kier alpha value is -0.170. The predicted octanol–water partition coefficient (Wildman–Crippen LogP) is 3.74. The number of hydrogen-bond acceptors (Lipinski definition) is 1. The third-order valence-corrected chi connectivity index (χ3v) is 3.63. The van der Waals surface area contributed by atoms with Crippen molar-refractivity contribution < 1.29 is 8.78 Å². The summed E-state index contributed by atoms with van der Waals surface area (Å²) in [6, 6.07) is 2.06. The molecule has 1 nitrogen and oxygen atoms in total. The van der Waals surface area contributed by atoms with Crippen LogP contribution in [-0.2, 0) is 0 Å². The zero-order valence-corrected chi connectivity index (χ0v) is 9.56. The lowest BCUT2D eigenvalue weighted by Crippen LogP contribution is -2.33. The van der Waals surface area contributed by atoms with E-state index >= 15 is 0 Å². The van der Waals surface area contributed by atoms with Crippen LogP contribution in [0.4, 0.5) is 8.78 Å². The van der Waals surface area contributed by atoms with Gasteiger partial charge in [0.05, 0.1) is 12.0 Å². The van der Waals surface area contributed by atoms with Gasteiger partial charge in [0, 0.05) is 17.7 Å². The molecule has 1 fully saturated rings. The number of nitriles is 1. The molecule has 0 heterocycles. The van der Waals surface area contributed by atoms with Crippen molar-refractivity contribution in [1.82, 2.24) is 0 Å². The van der Waals surface area contributed by atoms with Crippen LogP contribution in [0, 0.1) is 23.2 Å². The van der Waals surface area contributed by atoms with Gasteiger partial charge in [-0.1, -0.05) is 22.4 Å². The smallest absolute Gasteiger partial charge is 0.207 e. The molecule has 2 unspecified atom stereocenters. The second-order valence-electron chi connectivity index (χ2n) is 3.92. The summed E-state index contributed by atoms with van der Waals surface area (Å²) in [7, 11) is 0. The maximum absolute atomic E-state index is 13.4. The predicted molar refractivity (Wildman–Crippen MR) is 54.4 cm³/mol. The minimum atomic E-state index is -2.55. The summed E-state index contributed by atoms with van der Waals surface area (Å²) in [6.45, 7) is 0. The van der Waals surface area contributed by atoms with Gasteiger partial charge in [0.2, 0.25) is 0 Å². The van der Waals surface area contributed by atoms with E-state index in [4.69, 9.17) is 5.26 Å². The van der Waals surface area contributed by atoms with Crippen molar-refractivity contribution in [2.24, 2.45) is 11.8 Å². The minimum absolute atomic E-state index is 0.00188. The number of nitrogens with zero attached hydrogens (tertiary/aromatic N) is 1. The molecular formula is C10H14BrF2N. The Morgan fingerprint density at radius 3 is 2.71 bits per heavy atom. The van der Waals surface area contributed by atoms with Gasteiger partial charge in [0.1, 0.15) is 0 Å². The lowest BCUT2D eigenvalue weighted by molar-refractivity contribution is -0.0903. The van der Waals surface area contributed by atoms with Gasteiger partial charge in [-0.3, -0.25) is 0 Å². The fourth-order valence-corrected chi connectivity index (χ4v) is 2.36. The van der Waals surface area contributed by atoms with E-state index in [2.05, 4.69) is 22.0 Å². The number of halogens is 3. The highest BCUT2D eigenvalue weighted by molar-refractivity contribution is 9.09. The zero-order chi connectivity index (χ0) is 10.6. The van der Waals surface area contributed by atoms with Crippen LogP contribution < -0.4 is 0 Å². The molecule has 4 heteroatoms. The molecule has 80 valence electrons. The summed E-state index contributed by atoms with van der Waals surface area (Å²) in [6.07, 6.45) is 2.39. The summed E-state index contributed by atoms with van der Waals surface area (Å²) >= 11 is 3.17. The van der Waals surface area contributed by atoms with Gasteiger partial charge in [-0.25, -0.2) is 8.78 Å². The highest BCUT2D eigenvalue weighted by atomic mass is 79.9. The Balaban J connectivity index is 2.53. The van der Waals surface area contributed by atoms with E-state index in [0.29, 0.717) is 24.6 Å². The summed E-state index contributed by atoms with van der Waals surface area (Å²) in [5, 5.41) is 9.20. The van der Waals surface area contributed by atoms with E-state index in [1.54, 1.807) is 0 Å². The van der Waals surface area contributed by atoms with E-state index in [1.807, 2.05) is 0 Å². The summed E-state index contributed by atoms with van der Waals surface area (Å²) in [5.74, 6) is -3.40. The van der Waals surface area contributed by atoms with Crippen molar-refractivity contribution in [3.05, 3.63) is 0 Å². The first kappa shape index (κ1) is 11.9. The summed E-state index contributed by atoms with van der Waals surface area (Å²) in [4.78, 5) is 0. The third-order valence-electron chi connectivity index (χ3n) is 2.85. The highest BCUT2D eigenvalue weighted by Gasteiger charge is 2.41. The Bertz CT molecular complexity index is 225. The Morgan fingerprint density at radius 2 is 2.21 bits per heavy atom. The van der Waals surface area contributed by atoms with Crippen molar-refractivity contribution in [1.29, 1.82) is 5.26 Å². The monoisotopic (exact) mass is 265 g/mol. The Kier molecular flexibility index (Phi) is 4.31. The fourth-order valence-electron chi connectivity index (χ4n) is 1.95. The molecule has 0 aliphatic heterocycles. The van der Waals surface area contributed by atoms with Crippen molar-refractivity contribution in [2.45, 2.75) is 38.0 Å². The molecule has 1 rings (SSSR count). The van der Waals surface area contributed by atoms with Crippen LogP contribution in [0.25, 0.3) is 0 Å². The van der Waals surface area contributed by atoms with Crippen LogP contribution in [0.15, 0.2) is 0 Å². The number of hydrogen-bond donors (Lipinski definition) is 0. The average molecular weight is 266 g/mol. The van der Waals surface area contributed by atoms with Gasteiger partial charge in [0.25, 0.3) is 5.92 Å².